The summed E-state index contributed by atoms with van der Waals surface area (Å²) in [5.74, 6) is -2.26. The molecule has 0 bridgehead atoms. The minimum Gasteiger partial charge on any atom is -0.480 e. The zero-order valence-corrected chi connectivity index (χ0v) is 39.5. The number of unbranched alkanes of at least 4 members (excludes halogenated alkanes) is 34. The first kappa shape index (κ1) is 57.8. The van der Waals surface area contributed by atoms with Crippen molar-refractivity contribution in [1.82, 2.24) is 10.6 Å². The molecule has 0 radical (unpaired) electrons. The van der Waals surface area contributed by atoms with E-state index in [9.17, 15) is 19.2 Å². The van der Waals surface area contributed by atoms with E-state index in [0.29, 0.717) is 19.3 Å². The molecular formula is C51H98N2O7. The molecule has 4 N–H and O–H groups in total. The van der Waals surface area contributed by atoms with Crippen LogP contribution in [0.25, 0.3) is 0 Å². The molecule has 0 aromatic heterocycles. The van der Waals surface area contributed by atoms with E-state index in [-0.39, 0.29) is 24.5 Å². The molecule has 0 aliphatic carbocycles. The summed E-state index contributed by atoms with van der Waals surface area (Å²) in [6, 6.07) is -1.38. The third-order valence-corrected chi connectivity index (χ3v) is 12.1. The smallest absolute Gasteiger partial charge is 0.328 e. The highest BCUT2D eigenvalue weighted by atomic mass is 16.5. The molecule has 0 aliphatic heterocycles. The van der Waals surface area contributed by atoms with Gasteiger partial charge in [-0.05, 0) is 38.5 Å². The third kappa shape index (κ3) is 42.5. The van der Waals surface area contributed by atoms with Gasteiger partial charge in [-0.25, -0.2) is 4.79 Å². The minimum atomic E-state index is -1.38. The first-order valence-electron chi connectivity index (χ1n) is 25.9. The van der Waals surface area contributed by atoms with Gasteiger partial charge in [0, 0.05) is 12.8 Å². The van der Waals surface area contributed by atoms with E-state index in [1.807, 2.05) is 0 Å². The van der Waals surface area contributed by atoms with Crippen molar-refractivity contribution in [2.45, 2.75) is 289 Å². The van der Waals surface area contributed by atoms with Crippen molar-refractivity contribution in [1.29, 1.82) is 0 Å². The third-order valence-electron chi connectivity index (χ3n) is 12.1. The summed E-state index contributed by atoms with van der Waals surface area (Å²) in [4.78, 5) is 47.7. The van der Waals surface area contributed by atoms with Crippen molar-refractivity contribution in [3.05, 3.63) is 0 Å². The average Bonchev–Trinajstić information content (AvgIpc) is 3.23. The Morgan fingerprint density at radius 1 is 0.433 bits per heavy atom. The zero-order valence-electron chi connectivity index (χ0n) is 39.5. The Labute approximate surface area is 369 Å². The van der Waals surface area contributed by atoms with Crippen molar-refractivity contribution in [2.75, 3.05) is 13.2 Å². The molecule has 9 heteroatoms. The molecule has 0 heterocycles. The maximum absolute atomic E-state index is 12.9. The fraction of sp³-hybridized carbons (Fsp3) is 0.922. The number of carbonyl (C=O) groups is 4. The number of carbonyl (C=O) groups excluding carboxylic acids is 3. The number of ether oxygens (including phenoxy) is 1. The van der Waals surface area contributed by atoms with E-state index in [2.05, 4.69) is 24.5 Å². The fourth-order valence-corrected chi connectivity index (χ4v) is 8.13. The van der Waals surface area contributed by atoms with Gasteiger partial charge in [0.2, 0.25) is 11.8 Å². The molecular weight excluding hydrogens is 753 g/mol. The molecule has 354 valence electrons. The number of amides is 2. The molecule has 0 aromatic carbocycles. The normalized spacial score (nSPS) is 12.3. The number of aliphatic hydroxyl groups excluding tert-OH is 1. The maximum Gasteiger partial charge on any atom is 0.328 e. The van der Waals surface area contributed by atoms with Crippen LogP contribution in [0.3, 0.4) is 0 Å². The molecule has 0 aliphatic rings. The van der Waals surface area contributed by atoms with Crippen molar-refractivity contribution in [3.8, 4) is 0 Å². The van der Waals surface area contributed by atoms with E-state index in [1.165, 1.54) is 186 Å². The molecule has 0 saturated carbocycles. The first-order chi connectivity index (χ1) is 29.3. The van der Waals surface area contributed by atoms with Crippen LogP contribution < -0.4 is 10.6 Å². The van der Waals surface area contributed by atoms with Crippen molar-refractivity contribution >= 4 is 23.8 Å². The van der Waals surface area contributed by atoms with Crippen LogP contribution in [0.15, 0.2) is 0 Å². The molecule has 0 aromatic rings. The van der Waals surface area contributed by atoms with Gasteiger partial charge in [-0.1, -0.05) is 226 Å². The van der Waals surface area contributed by atoms with E-state index in [4.69, 9.17) is 14.9 Å². The lowest BCUT2D eigenvalue weighted by atomic mass is 10.0. The van der Waals surface area contributed by atoms with Crippen LogP contribution in [0.1, 0.15) is 277 Å². The summed E-state index contributed by atoms with van der Waals surface area (Å²) in [6.45, 7) is 3.52. The summed E-state index contributed by atoms with van der Waals surface area (Å²) in [7, 11) is 0. The Morgan fingerprint density at radius 3 is 1.08 bits per heavy atom. The molecule has 9 nitrogen and oxygen atoms in total. The van der Waals surface area contributed by atoms with E-state index >= 15 is 0 Å². The van der Waals surface area contributed by atoms with Gasteiger partial charge in [-0.3, -0.25) is 14.4 Å². The van der Waals surface area contributed by atoms with Crippen LogP contribution in [0.2, 0.25) is 0 Å². The Morgan fingerprint density at radius 2 is 0.750 bits per heavy atom. The molecule has 2 atom stereocenters. The summed E-state index contributed by atoms with van der Waals surface area (Å²) in [5, 5.41) is 22.6. The average molecular weight is 851 g/mol. The topological polar surface area (TPSA) is 142 Å². The molecule has 0 saturated heterocycles. The Kier molecular flexibility index (Phi) is 44.7. The van der Waals surface area contributed by atoms with Crippen LogP contribution in [0.4, 0.5) is 0 Å². The molecule has 2 amide bonds. The van der Waals surface area contributed by atoms with Gasteiger partial charge < -0.3 is 25.6 Å². The van der Waals surface area contributed by atoms with E-state index in [0.717, 1.165) is 57.8 Å². The van der Waals surface area contributed by atoms with Gasteiger partial charge in [0.25, 0.3) is 0 Å². The zero-order chi connectivity index (χ0) is 44.0. The van der Waals surface area contributed by atoms with Gasteiger partial charge in [0.1, 0.15) is 12.1 Å². The summed E-state index contributed by atoms with van der Waals surface area (Å²) < 4.78 is 6.06. The van der Waals surface area contributed by atoms with Gasteiger partial charge in [-0.2, -0.15) is 0 Å². The number of esters is 1. The summed E-state index contributed by atoms with van der Waals surface area (Å²) in [5.41, 5.74) is 0. The number of hydrogen-bond donors (Lipinski definition) is 4. The first-order valence-corrected chi connectivity index (χ1v) is 25.9. The fourth-order valence-electron chi connectivity index (χ4n) is 8.13. The number of nitrogens with one attached hydrogen (secondary N) is 2. The molecule has 0 fully saturated rings. The van der Waals surface area contributed by atoms with Crippen molar-refractivity contribution in [2.24, 2.45) is 0 Å². The Bertz CT molecular complexity index is 977. The molecule has 60 heavy (non-hydrogen) atoms. The largest absolute Gasteiger partial charge is 0.480 e. The lowest BCUT2D eigenvalue weighted by Gasteiger charge is -2.18. The number of carboxylic acid groups (broad SMARTS) is 1. The van der Waals surface area contributed by atoms with Crippen molar-refractivity contribution < 1.29 is 34.1 Å². The molecule has 0 rings (SSSR count). The minimum absolute atomic E-state index is 0.00487. The monoisotopic (exact) mass is 851 g/mol. The molecule has 2 unspecified atom stereocenters. The van der Waals surface area contributed by atoms with Crippen LogP contribution in [0.5, 0.6) is 0 Å². The number of aliphatic hydroxyl groups is 1. The number of aliphatic carboxylic acids is 1. The Balaban J connectivity index is 4.09. The lowest BCUT2D eigenvalue weighted by Crippen LogP contribution is -2.47. The maximum atomic E-state index is 12.9. The highest BCUT2D eigenvalue weighted by Gasteiger charge is 2.19. The number of rotatable bonds is 48. The second-order valence-corrected chi connectivity index (χ2v) is 18.0. The lowest BCUT2D eigenvalue weighted by molar-refractivity contribution is -0.150. The van der Waals surface area contributed by atoms with E-state index in [1.54, 1.807) is 0 Å². The van der Waals surface area contributed by atoms with Gasteiger partial charge in [0.15, 0.2) is 0 Å². The number of hydrogen-bond acceptors (Lipinski definition) is 6. The predicted octanol–water partition coefficient (Wildman–Crippen LogP) is 13.6. The second-order valence-electron chi connectivity index (χ2n) is 18.0. The van der Waals surface area contributed by atoms with Gasteiger partial charge >= 0.3 is 11.9 Å². The SMILES string of the molecule is CCCCCCCCCCCCCCCCCCCCCCCCC(=O)OC(CCCCCCCCCCCC)CCCCCCCC(=O)NCC(=O)NC(CO)C(=O)O. The Hall–Kier alpha value is -2.16. The van der Waals surface area contributed by atoms with Crippen molar-refractivity contribution in [3.63, 3.8) is 0 Å². The number of carboxylic acids is 1. The highest BCUT2D eigenvalue weighted by molar-refractivity contribution is 5.87. The van der Waals surface area contributed by atoms with Gasteiger partial charge in [0.05, 0.1) is 13.2 Å². The van der Waals surface area contributed by atoms with Crippen LogP contribution in [-0.2, 0) is 23.9 Å². The summed E-state index contributed by atoms with van der Waals surface area (Å²) in [6.07, 6.45) is 50.1. The van der Waals surface area contributed by atoms with E-state index < -0.39 is 24.5 Å². The second kappa shape index (κ2) is 46.3. The van der Waals surface area contributed by atoms with Crippen LogP contribution in [-0.4, -0.2) is 59.3 Å². The quantitative estimate of drug-likeness (QED) is 0.0353. The van der Waals surface area contributed by atoms with Crippen LogP contribution in [0, 0.1) is 0 Å². The predicted molar refractivity (Wildman–Crippen MR) is 250 cm³/mol. The summed E-state index contributed by atoms with van der Waals surface area (Å²) >= 11 is 0. The molecule has 0 spiro atoms. The van der Waals surface area contributed by atoms with Crippen LogP contribution >= 0.6 is 0 Å². The standard InChI is InChI=1S/C51H98N2O7/c1-3-5-7-9-11-13-15-16-17-18-19-20-21-22-23-24-25-26-28-30-35-39-43-50(57)60-46(40-36-32-29-27-14-12-10-8-6-4-2)41-37-33-31-34-38-42-48(55)52-44-49(56)53-47(45-54)51(58)59/h46-47,54H,3-45H2,1-2H3,(H,52,55)(H,53,56)(H,58,59). The van der Waals surface area contributed by atoms with Gasteiger partial charge in [-0.15, -0.1) is 0 Å². The highest BCUT2D eigenvalue weighted by Crippen LogP contribution is 2.20.